The van der Waals surface area contributed by atoms with Crippen molar-refractivity contribution < 1.29 is 33.7 Å². The van der Waals surface area contributed by atoms with E-state index >= 15 is 0 Å². The van der Waals surface area contributed by atoms with E-state index in [0.29, 0.717) is 51.1 Å². The van der Waals surface area contributed by atoms with Crippen LogP contribution in [-0.2, 0) is 48.0 Å². The number of hydrogen-bond donors (Lipinski definition) is 3. The minimum Gasteiger partial charge on any atom is -0.508 e. The summed E-state index contributed by atoms with van der Waals surface area (Å²) in [5.41, 5.74) is 9.61. The number of methoxy groups -OCH3 is 1. The molecule has 4 heterocycles. The van der Waals surface area contributed by atoms with E-state index in [4.69, 9.17) is 19.2 Å². The molecule has 12 nitrogen and oxygen atoms in total. The van der Waals surface area contributed by atoms with Crippen LogP contribution in [0.4, 0.5) is 0 Å². The van der Waals surface area contributed by atoms with Gasteiger partial charge in [0.2, 0.25) is 5.91 Å². The molecule has 2 saturated heterocycles. The lowest BCUT2D eigenvalue weighted by atomic mass is 9.84. The van der Waals surface area contributed by atoms with Crippen LogP contribution >= 0.6 is 0 Å². The van der Waals surface area contributed by atoms with Crippen LogP contribution in [-0.4, -0.2) is 90.3 Å². The number of aromatic nitrogens is 1. The normalized spacial score (nSPS) is 26.0. The van der Waals surface area contributed by atoms with Gasteiger partial charge in [0, 0.05) is 60.6 Å². The molecule has 3 aliphatic heterocycles. The molecule has 6 atom stereocenters. The summed E-state index contributed by atoms with van der Waals surface area (Å²) in [6.07, 6.45) is 5.07. The number of aliphatic imine (C=N–C) groups is 1. The Balaban J connectivity index is 1.38. The fourth-order valence-corrected chi connectivity index (χ4v) is 8.88. The van der Waals surface area contributed by atoms with Gasteiger partial charge in [-0.25, -0.2) is 5.43 Å². The largest absolute Gasteiger partial charge is 0.508 e. The fraction of sp³-hybridized carbons (Fsp3) is 0.500. The Morgan fingerprint density at radius 2 is 1.95 bits per heavy atom. The molecule has 56 heavy (non-hydrogen) atoms. The Labute approximate surface area is 328 Å². The molecule has 1 unspecified atom stereocenters. The summed E-state index contributed by atoms with van der Waals surface area (Å²) in [4.78, 5) is 46.4. The molecule has 298 valence electrons. The summed E-state index contributed by atoms with van der Waals surface area (Å²) in [7, 11) is 1.67. The van der Waals surface area contributed by atoms with Crippen molar-refractivity contribution in [2.24, 2.45) is 28.2 Å². The van der Waals surface area contributed by atoms with Gasteiger partial charge in [-0.1, -0.05) is 38.6 Å². The molecular weight excluding hydrogens is 711 g/mol. The van der Waals surface area contributed by atoms with Crippen molar-refractivity contribution in [1.82, 2.24) is 20.3 Å². The second-order valence-corrected chi connectivity index (χ2v) is 16.4. The molecule has 1 aliphatic carbocycles. The van der Waals surface area contributed by atoms with Crippen molar-refractivity contribution in [3.63, 3.8) is 0 Å². The summed E-state index contributed by atoms with van der Waals surface area (Å²) in [5.74, 6) is -0.743. The standard InChI is InChI=1S/C44H55N5O7/c1-8-30(39(45-9-2)25(4)54-7)40-32-21-44(5,6)24-56-43(53)35-12-11-15-49(47-35)42(52)36(46-41(51)38-33-22-55-23-34(33)38)18-26-16-28(19-29(50)17-26)27-13-14-37(31(32)20-27)48(40)10-3/h8-9,13-14,16-17,19-20,25,33-36,38,47,50H,1,10-12,15,18,21-24H2,2-7H3,(H,46,51)/b39-30+,45-9?/t25-,33-,34+,35-,36-,38?/m0/s1. The summed E-state index contributed by atoms with van der Waals surface area (Å²) in [6, 6.07) is 9.97. The maximum Gasteiger partial charge on any atom is 0.324 e. The zero-order valence-electron chi connectivity index (χ0n) is 33.4. The number of amides is 2. The molecule has 2 aromatic carbocycles. The van der Waals surface area contributed by atoms with Crippen molar-refractivity contribution in [1.29, 1.82) is 0 Å². The van der Waals surface area contributed by atoms with Gasteiger partial charge in [0.15, 0.2) is 0 Å². The lowest BCUT2D eigenvalue weighted by molar-refractivity contribution is -0.155. The van der Waals surface area contributed by atoms with E-state index in [0.717, 1.165) is 44.6 Å². The topological polar surface area (TPSA) is 144 Å². The minimum atomic E-state index is -0.937. The number of cyclic esters (lactones) is 1. The number of nitrogens with zero attached hydrogens (tertiary/aromatic N) is 3. The predicted molar refractivity (Wildman–Crippen MR) is 216 cm³/mol. The highest BCUT2D eigenvalue weighted by atomic mass is 16.5. The Morgan fingerprint density at radius 3 is 2.64 bits per heavy atom. The molecule has 0 radical (unpaired) electrons. The van der Waals surface area contributed by atoms with Crippen molar-refractivity contribution in [3.8, 4) is 16.9 Å². The van der Waals surface area contributed by atoms with Gasteiger partial charge in [-0.15, -0.1) is 0 Å². The Kier molecular flexibility index (Phi) is 11.3. The third-order valence-corrected chi connectivity index (χ3v) is 11.8. The molecule has 12 heteroatoms. The Hall–Kier alpha value is -4.78. The van der Waals surface area contributed by atoms with Crippen molar-refractivity contribution in [2.75, 3.05) is 33.5 Å². The zero-order chi connectivity index (χ0) is 39.9. The van der Waals surface area contributed by atoms with Crippen molar-refractivity contribution in [3.05, 3.63) is 71.6 Å². The molecule has 2 amide bonds. The second-order valence-electron chi connectivity index (χ2n) is 16.4. The molecule has 3 aromatic rings. The number of rotatable bonds is 8. The van der Waals surface area contributed by atoms with E-state index in [-0.39, 0.29) is 54.4 Å². The van der Waals surface area contributed by atoms with Gasteiger partial charge in [0.1, 0.15) is 17.8 Å². The van der Waals surface area contributed by atoms with E-state index in [1.165, 1.54) is 5.01 Å². The fourth-order valence-electron chi connectivity index (χ4n) is 8.88. The lowest BCUT2D eigenvalue weighted by Crippen LogP contribution is -2.60. The number of phenols is 1. The number of esters is 1. The number of hydrogen-bond acceptors (Lipinski definition) is 9. The van der Waals surface area contributed by atoms with Crippen LogP contribution in [0.5, 0.6) is 5.75 Å². The third kappa shape index (κ3) is 7.66. The second kappa shape index (κ2) is 16.0. The van der Waals surface area contributed by atoms with Gasteiger partial charge >= 0.3 is 5.97 Å². The number of carbonyl (C=O) groups is 3. The maximum absolute atomic E-state index is 14.3. The number of ether oxygens (including phenoxy) is 3. The van der Waals surface area contributed by atoms with E-state index in [2.05, 4.69) is 54.8 Å². The summed E-state index contributed by atoms with van der Waals surface area (Å²) in [6.45, 7) is 16.7. The van der Waals surface area contributed by atoms with Gasteiger partial charge in [0.25, 0.3) is 5.91 Å². The number of hydrazine groups is 1. The average Bonchev–Trinajstić information content (AvgIpc) is 3.51. The summed E-state index contributed by atoms with van der Waals surface area (Å²) < 4.78 is 19.7. The van der Waals surface area contributed by atoms with Gasteiger partial charge in [-0.3, -0.25) is 24.4 Å². The van der Waals surface area contributed by atoms with Gasteiger partial charge in [-0.05, 0) is 98.4 Å². The van der Waals surface area contributed by atoms with Crippen LogP contribution < -0.4 is 10.7 Å². The number of nitrogens with one attached hydrogen (secondary N) is 2. The Morgan fingerprint density at radius 1 is 1.18 bits per heavy atom. The highest BCUT2D eigenvalue weighted by Gasteiger charge is 2.58. The summed E-state index contributed by atoms with van der Waals surface area (Å²) >= 11 is 0. The molecule has 3 fully saturated rings. The van der Waals surface area contributed by atoms with E-state index < -0.39 is 23.5 Å². The quantitative estimate of drug-likeness (QED) is 0.153. The van der Waals surface area contributed by atoms with E-state index in [1.54, 1.807) is 25.5 Å². The van der Waals surface area contributed by atoms with Crippen LogP contribution in [0, 0.1) is 23.2 Å². The molecule has 4 aliphatic rings. The average molecular weight is 766 g/mol. The molecule has 0 spiro atoms. The van der Waals surface area contributed by atoms with Gasteiger partial charge in [-0.2, -0.15) is 0 Å². The predicted octanol–water partition coefficient (Wildman–Crippen LogP) is 5.60. The SMILES string of the molecule is C=C/C(=C(\N=CC)[C@H](C)OC)c1c2c3cc(ccc3n1CC)-c1cc(O)cc(c1)C[C@H](NC(=O)C1[C@H]3COC[C@@H]13)C(=O)N1CCC[C@H](N1)C(=O)OCC(C)(C)C2. The lowest BCUT2D eigenvalue weighted by Gasteiger charge is -2.35. The highest BCUT2D eigenvalue weighted by Crippen LogP contribution is 2.51. The minimum absolute atomic E-state index is 0.0537. The van der Waals surface area contributed by atoms with Crippen molar-refractivity contribution in [2.45, 2.75) is 85.0 Å². The van der Waals surface area contributed by atoms with Crippen LogP contribution in [0.2, 0.25) is 0 Å². The molecule has 3 N–H and O–H groups in total. The number of aromatic hydroxyl groups is 1. The number of phenolic OH excluding ortho intramolecular Hbond substituents is 1. The first-order valence-electron chi connectivity index (χ1n) is 19.9. The number of allylic oxidation sites excluding steroid dienone is 2. The van der Waals surface area contributed by atoms with Crippen molar-refractivity contribution >= 4 is 40.5 Å². The van der Waals surface area contributed by atoms with E-state index in [1.807, 2.05) is 32.1 Å². The number of benzene rings is 2. The number of fused-ring (bicyclic) bond motifs is 7. The zero-order valence-corrected chi connectivity index (χ0v) is 33.4. The monoisotopic (exact) mass is 765 g/mol. The van der Waals surface area contributed by atoms with Crippen LogP contribution in [0.25, 0.3) is 27.6 Å². The first kappa shape index (κ1) is 39.5. The summed E-state index contributed by atoms with van der Waals surface area (Å²) in [5, 5.41) is 16.7. The molecular formula is C44H55N5O7. The molecule has 7 rings (SSSR count). The van der Waals surface area contributed by atoms with Crippen LogP contribution in [0.1, 0.15) is 64.3 Å². The van der Waals surface area contributed by atoms with Gasteiger partial charge < -0.3 is 29.2 Å². The van der Waals surface area contributed by atoms with Gasteiger partial charge in [0.05, 0.1) is 37.3 Å². The molecule has 6 bridgehead atoms. The third-order valence-electron chi connectivity index (χ3n) is 11.8. The smallest absolute Gasteiger partial charge is 0.324 e. The molecule has 1 aromatic heterocycles. The first-order chi connectivity index (χ1) is 26.9. The highest BCUT2D eigenvalue weighted by molar-refractivity contribution is 5.96. The first-order valence-corrected chi connectivity index (χ1v) is 19.9. The Bertz CT molecular complexity index is 2090. The maximum atomic E-state index is 14.3. The van der Waals surface area contributed by atoms with Crippen LogP contribution in [0.3, 0.4) is 0 Å². The van der Waals surface area contributed by atoms with Crippen LogP contribution in [0.15, 0.2) is 59.7 Å². The number of carbonyl (C=O) groups excluding carboxylic acids is 3. The van der Waals surface area contributed by atoms with E-state index in [9.17, 15) is 19.5 Å². The number of aryl methyl sites for hydroxylation is 1. The molecule has 1 saturated carbocycles.